The summed E-state index contributed by atoms with van der Waals surface area (Å²) in [7, 11) is 3.08. The first-order valence-corrected chi connectivity index (χ1v) is 12.3. The minimum absolute atomic E-state index is 0.0898. The zero-order chi connectivity index (χ0) is 26.0. The smallest absolute Gasteiger partial charge is 0.165 e. The van der Waals surface area contributed by atoms with Crippen LogP contribution in [-0.4, -0.2) is 77.4 Å². The molecule has 5 N–H and O–H groups in total. The average Bonchev–Trinajstić information content (AvgIpc) is 3.27. The molecule has 198 valence electrons. The van der Waals surface area contributed by atoms with Gasteiger partial charge in [-0.2, -0.15) is 0 Å². The summed E-state index contributed by atoms with van der Waals surface area (Å²) in [6.45, 7) is 1.74. The van der Waals surface area contributed by atoms with Crippen molar-refractivity contribution in [2.75, 3.05) is 27.4 Å². The zero-order valence-electron chi connectivity index (χ0n) is 20.8. The molecule has 36 heavy (non-hydrogen) atoms. The Morgan fingerprint density at radius 3 is 2.33 bits per heavy atom. The molecular formula is C27H36O9. The Kier molecular flexibility index (Phi) is 8.27. The topological polar surface area (TPSA) is 138 Å². The molecule has 9 heteroatoms. The second-order valence-corrected chi connectivity index (χ2v) is 9.62. The van der Waals surface area contributed by atoms with Gasteiger partial charge in [0.2, 0.25) is 0 Å². The van der Waals surface area contributed by atoms with E-state index in [2.05, 4.69) is 0 Å². The molecule has 1 heterocycles. The molecule has 0 bridgehead atoms. The molecule has 0 aromatic heterocycles. The maximum atomic E-state index is 10.4. The molecule has 1 aliphatic heterocycles. The Morgan fingerprint density at radius 1 is 0.917 bits per heavy atom. The van der Waals surface area contributed by atoms with Crippen molar-refractivity contribution in [1.82, 2.24) is 0 Å². The number of hydrogen-bond acceptors (Lipinski definition) is 9. The predicted octanol–water partition coefficient (Wildman–Crippen LogP) is 1.71. The average molecular weight is 505 g/mol. The summed E-state index contributed by atoms with van der Waals surface area (Å²) in [4.78, 5) is 0. The Hall–Kier alpha value is -2.56. The molecule has 1 fully saturated rings. The maximum Gasteiger partial charge on any atom is 0.165 e. The second-order valence-electron chi connectivity index (χ2n) is 9.62. The zero-order valence-corrected chi connectivity index (χ0v) is 20.8. The van der Waals surface area contributed by atoms with Crippen LogP contribution < -0.4 is 18.9 Å². The van der Waals surface area contributed by atoms with E-state index in [1.165, 1.54) is 7.11 Å². The van der Waals surface area contributed by atoms with Crippen molar-refractivity contribution in [3.05, 3.63) is 47.0 Å². The SMILES string of the molecule is COc1cc(C2Oc3c(OC)cc(CCCO)cc3C2CO)ccc1OC1CC(C)C(O)C(O)C1O. The monoisotopic (exact) mass is 504 g/mol. The van der Waals surface area contributed by atoms with Gasteiger partial charge in [0.25, 0.3) is 0 Å². The third kappa shape index (κ3) is 4.99. The second kappa shape index (κ2) is 11.2. The molecule has 7 unspecified atom stereocenters. The van der Waals surface area contributed by atoms with Crippen molar-refractivity contribution in [2.24, 2.45) is 5.92 Å². The summed E-state index contributed by atoms with van der Waals surface area (Å²) in [6.07, 6.45) is -3.07. The largest absolute Gasteiger partial charge is 0.493 e. The van der Waals surface area contributed by atoms with Gasteiger partial charge in [-0.05, 0) is 54.5 Å². The highest BCUT2D eigenvalue weighted by Crippen LogP contribution is 2.51. The molecular weight excluding hydrogens is 468 g/mol. The van der Waals surface area contributed by atoms with Gasteiger partial charge in [-0.1, -0.05) is 19.1 Å². The number of rotatable bonds is 9. The van der Waals surface area contributed by atoms with E-state index in [1.54, 1.807) is 26.2 Å². The first-order chi connectivity index (χ1) is 17.3. The van der Waals surface area contributed by atoms with Gasteiger partial charge in [-0.3, -0.25) is 0 Å². The minimum atomic E-state index is -1.29. The molecule has 2 aliphatic rings. The number of benzene rings is 2. The van der Waals surface area contributed by atoms with Crippen LogP contribution in [0.15, 0.2) is 30.3 Å². The third-order valence-corrected chi connectivity index (χ3v) is 7.26. The summed E-state index contributed by atoms with van der Waals surface area (Å²) in [6, 6.07) is 9.20. The highest BCUT2D eigenvalue weighted by atomic mass is 16.5. The van der Waals surface area contributed by atoms with Crippen molar-refractivity contribution >= 4 is 0 Å². The van der Waals surface area contributed by atoms with Crippen molar-refractivity contribution in [1.29, 1.82) is 0 Å². The van der Waals surface area contributed by atoms with E-state index in [0.717, 1.165) is 16.7 Å². The van der Waals surface area contributed by atoms with E-state index in [0.29, 0.717) is 42.3 Å². The molecule has 0 saturated heterocycles. The van der Waals surface area contributed by atoms with Crippen LogP contribution in [0.5, 0.6) is 23.0 Å². The lowest BCUT2D eigenvalue weighted by Gasteiger charge is -2.39. The molecule has 7 atom stereocenters. The molecule has 4 rings (SSSR count). The van der Waals surface area contributed by atoms with E-state index >= 15 is 0 Å². The van der Waals surface area contributed by atoms with Crippen LogP contribution in [-0.2, 0) is 6.42 Å². The van der Waals surface area contributed by atoms with Gasteiger partial charge in [0, 0.05) is 12.2 Å². The summed E-state index contributed by atoms with van der Waals surface area (Å²) < 4.78 is 23.4. The van der Waals surface area contributed by atoms with Crippen LogP contribution in [0.25, 0.3) is 0 Å². The van der Waals surface area contributed by atoms with Gasteiger partial charge >= 0.3 is 0 Å². The maximum absolute atomic E-state index is 10.4. The van der Waals surface area contributed by atoms with Crippen LogP contribution in [0.1, 0.15) is 48.5 Å². The van der Waals surface area contributed by atoms with Crippen molar-refractivity contribution in [3.8, 4) is 23.0 Å². The van der Waals surface area contributed by atoms with Gasteiger partial charge in [0.1, 0.15) is 24.4 Å². The van der Waals surface area contributed by atoms with Crippen molar-refractivity contribution in [3.63, 3.8) is 0 Å². The molecule has 0 spiro atoms. The third-order valence-electron chi connectivity index (χ3n) is 7.26. The molecule has 1 saturated carbocycles. The predicted molar refractivity (Wildman–Crippen MR) is 131 cm³/mol. The van der Waals surface area contributed by atoms with Crippen molar-refractivity contribution in [2.45, 2.75) is 62.6 Å². The van der Waals surface area contributed by atoms with Crippen molar-refractivity contribution < 1.29 is 44.5 Å². The number of aryl methyl sites for hydroxylation is 1. The fraction of sp³-hybridized carbons (Fsp3) is 0.556. The normalized spacial score (nSPS) is 29.4. The van der Waals surface area contributed by atoms with Crippen LogP contribution in [0, 0.1) is 5.92 Å². The molecule has 9 nitrogen and oxygen atoms in total. The van der Waals surface area contributed by atoms with E-state index in [4.69, 9.17) is 18.9 Å². The summed E-state index contributed by atoms with van der Waals surface area (Å²) in [5.41, 5.74) is 2.61. The van der Waals surface area contributed by atoms with Crippen LogP contribution >= 0.6 is 0 Å². The Morgan fingerprint density at radius 2 is 1.67 bits per heavy atom. The lowest BCUT2D eigenvalue weighted by Crippen LogP contribution is -2.54. The summed E-state index contributed by atoms with van der Waals surface area (Å²) >= 11 is 0. The highest BCUT2D eigenvalue weighted by Gasteiger charge is 2.42. The van der Waals surface area contributed by atoms with Gasteiger partial charge in [0.15, 0.2) is 23.0 Å². The molecule has 2 aromatic carbocycles. The standard InChI is InChI=1S/C27H36O9/c1-14-9-21(24(31)25(32)23(14)30)35-19-7-6-16(12-20(19)33-2)26-18(13-29)17-10-15(5-4-8-28)11-22(34-3)27(17)36-26/h6-7,10-12,14,18,21,23-26,28-32H,4-5,8-9,13H2,1-3H3. The van der Waals surface area contributed by atoms with E-state index in [-0.39, 0.29) is 25.0 Å². The van der Waals surface area contributed by atoms with E-state index in [1.807, 2.05) is 18.2 Å². The number of ether oxygens (including phenoxy) is 4. The first kappa shape index (κ1) is 26.5. The summed E-state index contributed by atoms with van der Waals surface area (Å²) in [5.74, 6) is 1.39. The van der Waals surface area contributed by atoms with E-state index < -0.39 is 30.5 Å². The Labute approximate surface area is 210 Å². The minimum Gasteiger partial charge on any atom is -0.493 e. The molecule has 0 amide bonds. The number of methoxy groups -OCH3 is 2. The quantitative estimate of drug-likeness (QED) is 0.345. The number of aliphatic hydroxyl groups excluding tert-OH is 5. The molecule has 0 radical (unpaired) electrons. The van der Waals surface area contributed by atoms with Crippen LogP contribution in [0.4, 0.5) is 0 Å². The lowest BCUT2D eigenvalue weighted by molar-refractivity contribution is -0.147. The highest BCUT2D eigenvalue weighted by molar-refractivity contribution is 5.56. The fourth-order valence-electron chi connectivity index (χ4n) is 5.17. The number of aliphatic hydroxyl groups is 5. The number of fused-ring (bicyclic) bond motifs is 1. The Balaban J connectivity index is 1.60. The van der Waals surface area contributed by atoms with Gasteiger partial charge < -0.3 is 44.5 Å². The molecule has 1 aliphatic carbocycles. The van der Waals surface area contributed by atoms with Gasteiger partial charge in [-0.15, -0.1) is 0 Å². The number of hydrogen-bond donors (Lipinski definition) is 5. The Bertz CT molecular complexity index is 1040. The van der Waals surface area contributed by atoms with Crippen LogP contribution in [0.2, 0.25) is 0 Å². The lowest BCUT2D eigenvalue weighted by atomic mass is 9.82. The molecule has 2 aromatic rings. The van der Waals surface area contributed by atoms with E-state index in [9.17, 15) is 25.5 Å². The fourth-order valence-corrected chi connectivity index (χ4v) is 5.17. The first-order valence-electron chi connectivity index (χ1n) is 12.3. The van der Waals surface area contributed by atoms with Gasteiger partial charge in [0.05, 0.1) is 32.8 Å². The van der Waals surface area contributed by atoms with Gasteiger partial charge in [-0.25, -0.2) is 0 Å². The van der Waals surface area contributed by atoms with Crippen LogP contribution in [0.3, 0.4) is 0 Å². The summed E-state index contributed by atoms with van der Waals surface area (Å²) in [5, 5.41) is 50.1.